The number of methoxy groups -OCH3 is 1. The maximum atomic E-state index is 11.9. The average Bonchev–Trinajstić information content (AvgIpc) is 2.46. The minimum Gasteiger partial charge on any atom is -0.467 e. The molecule has 0 spiro atoms. The summed E-state index contributed by atoms with van der Waals surface area (Å²) in [5.74, 6) is 0.241. The molecule has 0 saturated heterocycles. The van der Waals surface area contributed by atoms with E-state index >= 15 is 0 Å². The number of esters is 1. The second-order valence-electron chi connectivity index (χ2n) is 3.85. The van der Waals surface area contributed by atoms with Crippen LogP contribution in [0.4, 0.5) is 5.82 Å². The number of benzene rings is 1. The fourth-order valence-electron chi connectivity index (χ4n) is 1.67. The van der Waals surface area contributed by atoms with E-state index < -0.39 is 6.04 Å². The molecular formula is C14H13BrN2O2. The van der Waals surface area contributed by atoms with Crippen molar-refractivity contribution in [3.8, 4) is 0 Å². The first-order valence-electron chi connectivity index (χ1n) is 5.72. The van der Waals surface area contributed by atoms with Crippen molar-refractivity contribution in [2.45, 2.75) is 6.04 Å². The summed E-state index contributed by atoms with van der Waals surface area (Å²) in [5.41, 5.74) is 0.826. The number of aromatic nitrogens is 1. The van der Waals surface area contributed by atoms with Crippen LogP contribution in [0.2, 0.25) is 0 Å². The van der Waals surface area contributed by atoms with Gasteiger partial charge in [-0.25, -0.2) is 9.78 Å². The summed E-state index contributed by atoms with van der Waals surface area (Å²) >= 11 is 3.39. The van der Waals surface area contributed by atoms with E-state index in [1.807, 2.05) is 42.5 Å². The summed E-state index contributed by atoms with van der Waals surface area (Å²) in [5, 5.41) is 3.08. The third-order valence-corrected chi connectivity index (χ3v) is 3.25. The van der Waals surface area contributed by atoms with Gasteiger partial charge in [0, 0.05) is 6.20 Å². The van der Waals surface area contributed by atoms with Gasteiger partial charge >= 0.3 is 5.97 Å². The Bertz CT molecular complexity index is 560. The molecule has 98 valence electrons. The SMILES string of the molecule is COC(=O)C(Nc1ncccc1Br)c1ccccc1. The molecule has 0 aliphatic rings. The van der Waals surface area contributed by atoms with Crippen molar-refractivity contribution in [1.82, 2.24) is 4.98 Å². The van der Waals surface area contributed by atoms with Crippen LogP contribution < -0.4 is 5.32 Å². The number of pyridine rings is 1. The Balaban J connectivity index is 2.30. The first-order valence-corrected chi connectivity index (χ1v) is 6.51. The highest BCUT2D eigenvalue weighted by atomic mass is 79.9. The van der Waals surface area contributed by atoms with Crippen LogP contribution in [0, 0.1) is 0 Å². The second kappa shape index (κ2) is 6.33. The number of carbonyl (C=O) groups excluding carboxylic acids is 1. The van der Waals surface area contributed by atoms with Gasteiger partial charge in [0.15, 0.2) is 6.04 Å². The number of rotatable bonds is 4. The molecule has 4 nitrogen and oxygen atoms in total. The summed E-state index contributed by atoms with van der Waals surface area (Å²) in [6.45, 7) is 0. The lowest BCUT2D eigenvalue weighted by atomic mass is 10.1. The standard InChI is InChI=1S/C14H13BrN2O2/c1-19-14(18)12(10-6-3-2-4-7-10)17-13-11(15)8-5-9-16-13/h2-9,12H,1H3,(H,16,17). The Kier molecular flexibility index (Phi) is 4.52. The molecule has 1 N–H and O–H groups in total. The van der Waals surface area contributed by atoms with E-state index in [1.165, 1.54) is 7.11 Å². The van der Waals surface area contributed by atoms with Crippen molar-refractivity contribution in [2.75, 3.05) is 12.4 Å². The third-order valence-electron chi connectivity index (χ3n) is 2.61. The lowest BCUT2D eigenvalue weighted by Crippen LogP contribution is -2.22. The highest BCUT2D eigenvalue weighted by Crippen LogP contribution is 2.25. The Hall–Kier alpha value is -1.88. The smallest absolute Gasteiger partial charge is 0.333 e. The van der Waals surface area contributed by atoms with E-state index in [9.17, 15) is 4.79 Å². The van der Waals surface area contributed by atoms with Crippen LogP contribution in [-0.2, 0) is 9.53 Å². The molecule has 19 heavy (non-hydrogen) atoms. The topological polar surface area (TPSA) is 51.2 Å². The molecule has 1 unspecified atom stereocenters. The fourth-order valence-corrected chi connectivity index (χ4v) is 2.04. The van der Waals surface area contributed by atoms with Gasteiger partial charge in [-0.1, -0.05) is 30.3 Å². The molecule has 0 radical (unpaired) electrons. The van der Waals surface area contributed by atoms with E-state index in [2.05, 4.69) is 26.2 Å². The zero-order valence-corrected chi connectivity index (χ0v) is 11.9. The van der Waals surface area contributed by atoms with Crippen molar-refractivity contribution >= 4 is 27.7 Å². The number of hydrogen-bond acceptors (Lipinski definition) is 4. The van der Waals surface area contributed by atoms with Crippen molar-refractivity contribution in [2.24, 2.45) is 0 Å². The van der Waals surface area contributed by atoms with Crippen LogP contribution in [0.3, 0.4) is 0 Å². The van der Waals surface area contributed by atoms with Gasteiger partial charge < -0.3 is 10.1 Å². The third kappa shape index (κ3) is 3.32. The zero-order valence-electron chi connectivity index (χ0n) is 10.3. The predicted molar refractivity (Wildman–Crippen MR) is 76.8 cm³/mol. The van der Waals surface area contributed by atoms with Crippen molar-refractivity contribution in [1.29, 1.82) is 0 Å². The molecule has 1 aromatic heterocycles. The van der Waals surface area contributed by atoms with Gasteiger partial charge in [-0.3, -0.25) is 0 Å². The van der Waals surface area contributed by atoms with Crippen LogP contribution in [0.1, 0.15) is 11.6 Å². The van der Waals surface area contributed by atoms with Crippen molar-refractivity contribution in [3.63, 3.8) is 0 Å². The highest BCUT2D eigenvalue weighted by molar-refractivity contribution is 9.10. The lowest BCUT2D eigenvalue weighted by molar-refractivity contribution is -0.141. The highest BCUT2D eigenvalue weighted by Gasteiger charge is 2.22. The van der Waals surface area contributed by atoms with Crippen LogP contribution >= 0.6 is 15.9 Å². The fraction of sp³-hybridized carbons (Fsp3) is 0.143. The van der Waals surface area contributed by atoms with E-state index in [0.717, 1.165) is 10.0 Å². The van der Waals surface area contributed by atoms with Crippen LogP contribution in [-0.4, -0.2) is 18.1 Å². The Morgan fingerprint density at radius 3 is 2.63 bits per heavy atom. The molecule has 2 rings (SSSR count). The molecule has 0 aliphatic carbocycles. The van der Waals surface area contributed by atoms with Gasteiger partial charge in [0.05, 0.1) is 11.6 Å². The molecule has 1 atom stereocenters. The zero-order chi connectivity index (χ0) is 13.7. The van der Waals surface area contributed by atoms with E-state index in [0.29, 0.717) is 5.82 Å². The lowest BCUT2D eigenvalue weighted by Gasteiger charge is -2.18. The van der Waals surface area contributed by atoms with Gasteiger partial charge in [0.2, 0.25) is 0 Å². The second-order valence-corrected chi connectivity index (χ2v) is 4.70. The normalized spacial score (nSPS) is 11.7. The van der Waals surface area contributed by atoms with E-state index in [4.69, 9.17) is 4.74 Å². The van der Waals surface area contributed by atoms with Gasteiger partial charge in [-0.05, 0) is 33.6 Å². The molecule has 1 heterocycles. The number of halogens is 1. The molecule has 0 aliphatic heterocycles. The van der Waals surface area contributed by atoms with E-state index in [-0.39, 0.29) is 5.97 Å². The quantitative estimate of drug-likeness (QED) is 0.879. The number of carbonyl (C=O) groups is 1. The Labute approximate surface area is 119 Å². The maximum absolute atomic E-state index is 11.9. The monoisotopic (exact) mass is 320 g/mol. The van der Waals surface area contributed by atoms with Crippen LogP contribution in [0.5, 0.6) is 0 Å². The molecule has 0 bridgehead atoms. The molecule has 0 saturated carbocycles. The number of nitrogens with zero attached hydrogens (tertiary/aromatic N) is 1. The molecule has 5 heteroatoms. The number of hydrogen-bond donors (Lipinski definition) is 1. The van der Waals surface area contributed by atoms with Crippen LogP contribution in [0.15, 0.2) is 53.1 Å². The van der Waals surface area contributed by atoms with Gasteiger partial charge in [0.1, 0.15) is 5.82 Å². The van der Waals surface area contributed by atoms with Crippen molar-refractivity contribution in [3.05, 3.63) is 58.7 Å². The summed E-state index contributed by atoms with van der Waals surface area (Å²) in [6.07, 6.45) is 1.66. The van der Waals surface area contributed by atoms with Gasteiger partial charge in [0.25, 0.3) is 0 Å². The first-order chi connectivity index (χ1) is 9.22. The molecule has 1 aromatic carbocycles. The average molecular weight is 321 g/mol. The number of anilines is 1. The van der Waals surface area contributed by atoms with Crippen LogP contribution in [0.25, 0.3) is 0 Å². The maximum Gasteiger partial charge on any atom is 0.333 e. The van der Waals surface area contributed by atoms with E-state index in [1.54, 1.807) is 6.20 Å². The summed E-state index contributed by atoms with van der Waals surface area (Å²) in [6, 6.07) is 12.5. The predicted octanol–water partition coefficient (Wildman–Crippen LogP) is 3.17. The largest absolute Gasteiger partial charge is 0.467 e. The number of nitrogens with one attached hydrogen (secondary N) is 1. The van der Waals surface area contributed by atoms with Gasteiger partial charge in [-0.15, -0.1) is 0 Å². The molecule has 2 aromatic rings. The Morgan fingerprint density at radius 2 is 2.00 bits per heavy atom. The molecule has 0 fully saturated rings. The minimum atomic E-state index is -0.586. The Morgan fingerprint density at radius 1 is 1.26 bits per heavy atom. The molecule has 0 amide bonds. The number of ether oxygens (including phenoxy) is 1. The minimum absolute atomic E-state index is 0.358. The van der Waals surface area contributed by atoms with Crippen molar-refractivity contribution < 1.29 is 9.53 Å². The van der Waals surface area contributed by atoms with Gasteiger partial charge in [-0.2, -0.15) is 0 Å². The summed E-state index contributed by atoms with van der Waals surface area (Å²) in [4.78, 5) is 16.1. The summed E-state index contributed by atoms with van der Waals surface area (Å²) in [7, 11) is 1.37. The molecular weight excluding hydrogens is 308 g/mol. The summed E-state index contributed by atoms with van der Waals surface area (Å²) < 4.78 is 5.63. The first kappa shape index (κ1) is 13.5.